The summed E-state index contributed by atoms with van der Waals surface area (Å²) in [5.74, 6) is 1.09. The summed E-state index contributed by atoms with van der Waals surface area (Å²) in [4.78, 5) is 23.5. The predicted molar refractivity (Wildman–Crippen MR) is 103 cm³/mol. The smallest absolute Gasteiger partial charge is 0.262 e. The summed E-state index contributed by atoms with van der Waals surface area (Å²) in [5.41, 5.74) is 3.77. The lowest BCUT2D eigenvalue weighted by molar-refractivity contribution is 0.0995. The second-order valence-electron chi connectivity index (χ2n) is 6.90. The molecule has 144 valence electrons. The second kappa shape index (κ2) is 7.05. The number of aryl methyl sites for hydroxylation is 1. The highest BCUT2D eigenvalue weighted by Crippen LogP contribution is 2.31. The van der Waals surface area contributed by atoms with E-state index < -0.39 is 6.10 Å². The first-order valence-electron chi connectivity index (χ1n) is 8.99. The standard InChI is InChI=1S/C20H21N5O3/c1-12-6-16(14-7-15(28-3)9-21-8-14)22-17-11-25(20(27)19(12)17)18-4-5-24(23-18)10-13(2)26/h4-9,13,26H,10-11H2,1-3H3/t13-/m0/s1. The van der Waals surface area contributed by atoms with E-state index >= 15 is 0 Å². The fraction of sp³-hybridized carbons (Fsp3) is 0.300. The highest BCUT2D eigenvalue weighted by atomic mass is 16.5. The molecule has 1 amide bonds. The molecule has 1 aliphatic rings. The highest BCUT2D eigenvalue weighted by Gasteiger charge is 2.33. The third-order valence-electron chi connectivity index (χ3n) is 4.66. The number of aromatic nitrogens is 4. The molecule has 4 rings (SSSR count). The molecule has 0 aromatic carbocycles. The molecule has 0 saturated heterocycles. The molecule has 0 saturated carbocycles. The number of hydrogen-bond acceptors (Lipinski definition) is 6. The van der Waals surface area contributed by atoms with Crippen molar-refractivity contribution < 1.29 is 14.6 Å². The monoisotopic (exact) mass is 379 g/mol. The molecular formula is C20H21N5O3. The van der Waals surface area contributed by atoms with Crippen LogP contribution in [-0.4, -0.2) is 44.0 Å². The molecule has 28 heavy (non-hydrogen) atoms. The van der Waals surface area contributed by atoms with Gasteiger partial charge in [0, 0.05) is 24.0 Å². The maximum atomic E-state index is 13.0. The Morgan fingerprint density at radius 1 is 1.32 bits per heavy atom. The summed E-state index contributed by atoms with van der Waals surface area (Å²) < 4.78 is 6.87. The molecule has 3 aromatic heterocycles. The number of carbonyl (C=O) groups is 1. The van der Waals surface area contributed by atoms with E-state index in [1.807, 2.05) is 19.1 Å². The van der Waals surface area contributed by atoms with Crippen molar-refractivity contribution in [3.63, 3.8) is 0 Å². The molecule has 8 heteroatoms. The van der Waals surface area contributed by atoms with Crippen molar-refractivity contribution >= 4 is 11.7 Å². The van der Waals surface area contributed by atoms with Crippen LogP contribution < -0.4 is 9.64 Å². The zero-order chi connectivity index (χ0) is 19.8. The minimum Gasteiger partial charge on any atom is -0.495 e. The summed E-state index contributed by atoms with van der Waals surface area (Å²) in [5, 5.41) is 13.9. The van der Waals surface area contributed by atoms with Crippen molar-refractivity contribution in [3.8, 4) is 17.0 Å². The van der Waals surface area contributed by atoms with Crippen LogP contribution in [0.15, 0.2) is 36.8 Å². The average Bonchev–Trinajstić information content (AvgIpc) is 3.25. The molecule has 8 nitrogen and oxygen atoms in total. The van der Waals surface area contributed by atoms with Crippen LogP contribution in [-0.2, 0) is 13.1 Å². The average molecular weight is 379 g/mol. The van der Waals surface area contributed by atoms with E-state index in [2.05, 4.69) is 10.1 Å². The van der Waals surface area contributed by atoms with Crippen LogP contribution in [0.4, 0.5) is 5.82 Å². The van der Waals surface area contributed by atoms with Gasteiger partial charge in [0.05, 0.1) is 49.5 Å². The van der Waals surface area contributed by atoms with Gasteiger partial charge in [0.25, 0.3) is 5.91 Å². The van der Waals surface area contributed by atoms with Gasteiger partial charge in [-0.3, -0.25) is 24.3 Å². The lowest BCUT2D eigenvalue weighted by Gasteiger charge is -2.11. The molecule has 1 aliphatic heterocycles. The zero-order valence-electron chi connectivity index (χ0n) is 16.0. The third-order valence-corrected chi connectivity index (χ3v) is 4.66. The first-order valence-corrected chi connectivity index (χ1v) is 8.99. The minimum absolute atomic E-state index is 0.113. The number of hydrogen-bond donors (Lipinski definition) is 1. The Morgan fingerprint density at radius 2 is 2.14 bits per heavy atom. The van der Waals surface area contributed by atoms with Gasteiger partial charge in [-0.25, -0.2) is 0 Å². The van der Waals surface area contributed by atoms with Crippen molar-refractivity contribution in [2.24, 2.45) is 0 Å². The van der Waals surface area contributed by atoms with Crippen LogP contribution in [0.5, 0.6) is 5.75 Å². The summed E-state index contributed by atoms with van der Waals surface area (Å²) >= 11 is 0. The number of fused-ring (bicyclic) bond motifs is 1. The van der Waals surface area contributed by atoms with Gasteiger partial charge >= 0.3 is 0 Å². The number of rotatable bonds is 5. The van der Waals surface area contributed by atoms with Crippen LogP contribution in [0.25, 0.3) is 11.3 Å². The van der Waals surface area contributed by atoms with Crippen LogP contribution in [0, 0.1) is 6.92 Å². The molecule has 0 unspecified atom stereocenters. The SMILES string of the molecule is COc1cncc(-c2cc(C)c3c(n2)CN(c2ccn(C[C@H](C)O)n2)C3=O)c1. The summed E-state index contributed by atoms with van der Waals surface area (Å²) in [6.45, 7) is 4.33. The molecule has 1 atom stereocenters. The number of carbonyl (C=O) groups excluding carboxylic acids is 1. The van der Waals surface area contributed by atoms with Gasteiger partial charge in [0.2, 0.25) is 0 Å². The maximum Gasteiger partial charge on any atom is 0.262 e. The fourth-order valence-corrected chi connectivity index (χ4v) is 3.37. The molecule has 0 spiro atoms. The normalized spacial score (nSPS) is 14.3. The number of aliphatic hydroxyl groups is 1. The maximum absolute atomic E-state index is 13.0. The van der Waals surface area contributed by atoms with Gasteiger partial charge in [-0.05, 0) is 31.5 Å². The molecular weight excluding hydrogens is 358 g/mol. The Balaban J connectivity index is 1.67. The minimum atomic E-state index is -0.512. The van der Waals surface area contributed by atoms with Gasteiger partial charge in [0.15, 0.2) is 5.82 Å². The Hall–Kier alpha value is -3.26. The first-order chi connectivity index (χ1) is 13.5. The molecule has 4 heterocycles. The number of ether oxygens (including phenoxy) is 1. The molecule has 0 fully saturated rings. The number of pyridine rings is 2. The van der Waals surface area contributed by atoms with Crippen molar-refractivity contribution in [3.05, 3.63) is 53.6 Å². The van der Waals surface area contributed by atoms with E-state index in [1.54, 1.807) is 48.3 Å². The summed E-state index contributed by atoms with van der Waals surface area (Å²) in [6, 6.07) is 5.53. The van der Waals surface area contributed by atoms with Crippen molar-refractivity contribution in [1.82, 2.24) is 19.7 Å². The number of anilines is 1. The van der Waals surface area contributed by atoms with E-state index in [0.717, 1.165) is 16.8 Å². The third kappa shape index (κ3) is 3.22. The van der Waals surface area contributed by atoms with E-state index in [-0.39, 0.29) is 5.91 Å². The molecule has 1 N–H and O–H groups in total. The van der Waals surface area contributed by atoms with Crippen LogP contribution in [0.2, 0.25) is 0 Å². The Kier molecular flexibility index (Phi) is 4.56. The Labute approximate surface area is 162 Å². The summed E-state index contributed by atoms with van der Waals surface area (Å²) in [6.07, 6.45) is 4.61. The van der Waals surface area contributed by atoms with Crippen LogP contribution in [0.1, 0.15) is 28.5 Å². The number of methoxy groups -OCH3 is 1. The molecule has 0 radical (unpaired) electrons. The van der Waals surface area contributed by atoms with E-state index in [0.29, 0.717) is 35.9 Å². The van der Waals surface area contributed by atoms with E-state index in [4.69, 9.17) is 9.72 Å². The number of nitrogens with zero attached hydrogens (tertiary/aromatic N) is 5. The van der Waals surface area contributed by atoms with Crippen LogP contribution >= 0.6 is 0 Å². The fourth-order valence-electron chi connectivity index (χ4n) is 3.37. The lowest BCUT2D eigenvalue weighted by Crippen LogP contribution is -2.24. The van der Waals surface area contributed by atoms with Gasteiger partial charge in [0.1, 0.15) is 5.75 Å². The van der Waals surface area contributed by atoms with Crippen molar-refractivity contribution in [2.75, 3.05) is 12.0 Å². The predicted octanol–water partition coefficient (Wildman–Crippen LogP) is 2.20. The van der Waals surface area contributed by atoms with Gasteiger partial charge in [-0.1, -0.05) is 0 Å². The zero-order valence-corrected chi connectivity index (χ0v) is 16.0. The Morgan fingerprint density at radius 3 is 2.89 bits per heavy atom. The molecule has 0 aliphatic carbocycles. The van der Waals surface area contributed by atoms with E-state index in [9.17, 15) is 9.90 Å². The Bertz CT molecular complexity index is 1040. The molecule has 3 aromatic rings. The van der Waals surface area contributed by atoms with Crippen molar-refractivity contribution in [1.29, 1.82) is 0 Å². The highest BCUT2D eigenvalue weighted by molar-refractivity contribution is 6.10. The lowest BCUT2D eigenvalue weighted by atomic mass is 10.1. The van der Waals surface area contributed by atoms with Gasteiger partial charge in [-0.15, -0.1) is 0 Å². The molecule has 0 bridgehead atoms. The first kappa shape index (κ1) is 18.1. The largest absolute Gasteiger partial charge is 0.495 e. The topological polar surface area (TPSA) is 93.4 Å². The summed E-state index contributed by atoms with van der Waals surface area (Å²) in [7, 11) is 1.59. The quantitative estimate of drug-likeness (QED) is 0.730. The van der Waals surface area contributed by atoms with E-state index in [1.165, 1.54) is 0 Å². The van der Waals surface area contributed by atoms with Gasteiger partial charge < -0.3 is 9.84 Å². The van der Waals surface area contributed by atoms with Gasteiger partial charge in [-0.2, -0.15) is 5.10 Å². The number of aliphatic hydroxyl groups excluding tert-OH is 1. The van der Waals surface area contributed by atoms with Crippen molar-refractivity contribution in [2.45, 2.75) is 33.0 Å². The second-order valence-corrected chi connectivity index (χ2v) is 6.90. The van der Waals surface area contributed by atoms with Crippen LogP contribution in [0.3, 0.4) is 0 Å². The number of amides is 1.